The first kappa shape index (κ1) is 14.0. The van der Waals surface area contributed by atoms with E-state index in [1.807, 2.05) is 23.6 Å². The summed E-state index contributed by atoms with van der Waals surface area (Å²) in [5.41, 5.74) is 7.07. The molecule has 0 atom stereocenters. The van der Waals surface area contributed by atoms with Crippen LogP contribution in [0.2, 0.25) is 0 Å². The molecule has 0 unspecified atom stereocenters. The number of hydrogen-bond donors (Lipinski definition) is 1. The monoisotopic (exact) mass is 263 g/mol. The molecular formula is C15H25N3O. The molecule has 106 valence electrons. The van der Waals surface area contributed by atoms with Crippen LogP contribution in [-0.4, -0.2) is 28.5 Å². The van der Waals surface area contributed by atoms with Crippen LogP contribution < -0.4 is 5.73 Å². The second kappa shape index (κ2) is 5.68. The van der Waals surface area contributed by atoms with Crippen molar-refractivity contribution in [3.8, 4) is 0 Å². The highest BCUT2D eigenvalue weighted by atomic mass is 16.2. The fourth-order valence-electron chi connectivity index (χ4n) is 3.09. The van der Waals surface area contributed by atoms with Gasteiger partial charge >= 0.3 is 0 Å². The first-order chi connectivity index (χ1) is 9.02. The normalized spacial score (nSPS) is 23.3. The van der Waals surface area contributed by atoms with Gasteiger partial charge in [0.1, 0.15) is 5.69 Å². The van der Waals surface area contributed by atoms with Crippen LogP contribution in [0.4, 0.5) is 5.69 Å². The average Bonchev–Trinajstić information content (AvgIpc) is 2.76. The van der Waals surface area contributed by atoms with Crippen LogP contribution in [0.15, 0.2) is 12.3 Å². The van der Waals surface area contributed by atoms with E-state index in [9.17, 15) is 4.79 Å². The van der Waals surface area contributed by atoms with Gasteiger partial charge in [-0.15, -0.1) is 0 Å². The molecule has 1 aliphatic rings. The van der Waals surface area contributed by atoms with Crippen LogP contribution in [0.3, 0.4) is 0 Å². The van der Waals surface area contributed by atoms with E-state index in [-0.39, 0.29) is 5.91 Å². The maximum atomic E-state index is 12.5. The van der Waals surface area contributed by atoms with Gasteiger partial charge in [-0.3, -0.25) is 4.79 Å². The molecule has 4 heteroatoms. The molecule has 0 bridgehead atoms. The van der Waals surface area contributed by atoms with Crippen molar-refractivity contribution in [2.45, 2.75) is 45.1 Å². The second-order valence-corrected chi connectivity index (χ2v) is 5.77. The molecule has 1 fully saturated rings. The number of nitrogens with two attached hydrogens (primary N) is 1. The summed E-state index contributed by atoms with van der Waals surface area (Å²) in [5.74, 6) is 0.935. The number of aryl methyl sites for hydroxylation is 1. The van der Waals surface area contributed by atoms with Crippen molar-refractivity contribution < 1.29 is 4.79 Å². The van der Waals surface area contributed by atoms with Crippen LogP contribution in [0, 0.1) is 5.92 Å². The Morgan fingerprint density at radius 1 is 1.42 bits per heavy atom. The molecule has 0 spiro atoms. The molecule has 1 aliphatic carbocycles. The predicted octanol–water partition coefficient (Wildman–Crippen LogP) is 2.65. The molecule has 1 aromatic rings. The van der Waals surface area contributed by atoms with E-state index in [2.05, 4.69) is 6.92 Å². The van der Waals surface area contributed by atoms with E-state index in [0.717, 1.165) is 18.8 Å². The zero-order valence-electron chi connectivity index (χ0n) is 12.2. The SMILES string of the molecule is CCC1CCC(N(C)C(=O)c2cc(N)cn2C)CC1. The Kier molecular flexibility index (Phi) is 4.17. The molecule has 1 heterocycles. The molecular weight excluding hydrogens is 238 g/mol. The molecule has 1 saturated carbocycles. The van der Waals surface area contributed by atoms with Crippen LogP contribution >= 0.6 is 0 Å². The lowest BCUT2D eigenvalue weighted by Gasteiger charge is -2.34. The molecule has 4 nitrogen and oxygen atoms in total. The number of carbonyl (C=O) groups is 1. The average molecular weight is 263 g/mol. The van der Waals surface area contributed by atoms with Crippen LogP contribution in [0.1, 0.15) is 49.5 Å². The van der Waals surface area contributed by atoms with Gasteiger partial charge in [0.25, 0.3) is 5.91 Å². The van der Waals surface area contributed by atoms with Crippen LogP contribution in [-0.2, 0) is 7.05 Å². The van der Waals surface area contributed by atoms with Gasteiger partial charge in [-0.1, -0.05) is 13.3 Å². The number of nitrogen functional groups attached to an aromatic ring is 1. The third kappa shape index (κ3) is 2.94. The summed E-state index contributed by atoms with van der Waals surface area (Å²) < 4.78 is 1.81. The topological polar surface area (TPSA) is 51.3 Å². The van der Waals surface area contributed by atoms with E-state index >= 15 is 0 Å². The zero-order valence-corrected chi connectivity index (χ0v) is 12.2. The van der Waals surface area contributed by atoms with Crippen LogP contribution in [0.5, 0.6) is 0 Å². The van der Waals surface area contributed by atoms with Crippen molar-refractivity contribution in [2.24, 2.45) is 13.0 Å². The minimum atomic E-state index is 0.0825. The predicted molar refractivity (Wildman–Crippen MR) is 78.0 cm³/mol. The van der Waals surface area contributed by atoms with E-state index in [0.29, 0.717) is 17.4 Å². The number of rotatable bonds is 3. The summed E-state index contributed by atoms with van der Waals surface area (Å²) in [6.45, 7) is 2.26. The molecule has 0 saturated heterocycles. The summed E-state index contributed by atoms with van der Waals surface area (Å²) >= 11 is 0. The third-order valence-corrected chi connectivity index (χ3v) is 4.51. The highest BCUT2D eigenvalue weighted by molar-refractivity contribution is 5.93. The summed E-state index contributed by atoms with van der Waals surface area (Å²) in [6.07, 6.45) is 7.79. The molecule has 0 radical (unpaired) electrons. The first-order valence-corrected chi connectivity index (χ1v) is 7.22. The molecule has 19 heavy (non-hydrogen) atoms. The van der Waals surface area contributed by atoms with Gasteiger partial charge in [-0.25, -0.2) is 0 Å². The zero-order chi connectivity index (χ0) is 14.0. The Balaban J connectivity index is 2.02. The van der Waals surface area contributed by atoms with Gasteiger partial charge in [-0.05, 0) is 37.7 Å². The summed E-state index contributed by atoms with van der Waals surface area (Å²) in [7, 11) is 3.79. The Bertz CT molecular complexity index is 444. The Hall–Kier alpha value is -1.45. The van der Waals surface area contributed by atoms with Gasteiger partial charge in [0, 0.05) is 26.3 Å². The Labute approximate surface area is 115 Å². The van der Waals surface area contributed by atoms with Gasteiger partial charge in [0.2, 0.25) is 0 Å². The smallest absolute Gasteiger partial charge is 0.270 e. The fraction of sp³-hybridized carbons (Fsp3) is 0.667. The van der Waals surface area contributed by atoms with E-state index in [1.165, 1.54) is 19.3 Å². The molecule has 1 amide bonds. The van der Waals surface area contributed by atoms with Gasteiger partial charge < -0.3 is 15.2 Å². The third-order valence-electron chi connectivity index (χ3n) is 4.51. The number of nitrogens with zero attached hydrogens (tertiary/aromatic N) is 2. The number of anilines is 1. The summed E-state index contributed by atoms with van der Waals surface area (Å²) in [4.78, 5) is 14.4. The lowest BCUT2D eigenvalue weighted by molar-refractivity contribution is 0.0665. The first-order valence-electron chi connectivity index (χ1n) is 7.22. The van der Waals surface area contributed by atoms with E-state index in [1.54, 1.807) is 12.3 Å². The Morgan fingerprint density at radius 3 is 2.53 bits per heavy atom. The molecule has 1 aromatic heterocycles. The lowest BCUT2D eigenvalue weighted by Crippen LogP contribution is -2.40. The van der Waals surface area contributed by atoms with Crippen molar-refractivity contribution >= 4 is 11.6 Å². The summed E-state index contributed by atoms with van der Waals surface area (Å²) in [6, 6.07) is 2.14. The maximum absolute atomic E-state index is 12.5. The van der Waals surface area contributed by atoms with Crippen molar-refractivity contribution in [3.63, 3.8) is 0 Å². The largest absolute Gasteiger partial charge is 0.397 e. The number of carbonyl (C=O) groups excluding carboxylic acids is 1. The van der Waals surface area contributed by atoms with E-state index < -0.39 is 0 Å². The molecule has 0 aromatic carbocycles. The highest BCUT2D eigenvalue weighted by Gasteiger charge is 2.27. The molecule has 2 rings (SSSR count). The van der Waals surface area contributed by atoms with Crippen molar-refractivity contribution in [3.05, 3.63) is 18.0 Å². The van der Waals surface area contributed by atoms with Crippen LogP contribution in [0.25, 0.3) is 0 Å². The van der Waals surface area contributed by atoms with Crippen molar-refractivity contribution in [2.75, 3.05) is 12.8 Å². The van der Waals surface area contributed by atoms with E-state index in [4.69, 9.17) is 5.73 Å². The minimum absolute atomic E-state index is 0.0825. The maximum Gasteiger partial charge on any atom is 0.270 e. The molecule has 2 N–H and O–H groups in total. The van der Waals surface area contributed by atoms with Crippen molar-refractivity contribution in [1.29, 1.82) is 0 Å². The van der Waals surface area contributed by atoms with Crippen molar-refractivity contribution in [1.82, 2.24) is 9.47 Å². The number of aromatic nitrogens is 1. The Morgan fingerprint density at radius 2 is 2.05 bits per heavy atom. The number of amides is 1. The van der Waals surface area contributed by atoms with Gasteiger partial charge in [0.15, 0.2) is 0 Å². The standard InChI is InChI=1S/C15H25N3O/c1-4-11-5-7-13(8-6-11)18(3)15(19)14-9-12(16)10-17(14)2/h9-11,13H,4-8,16H2,1-3H3. The lowest BCUT2D eigenvalue weighted by atomic mass is 9.84. The summed E-state index contributed by atoms with van der Waals surface area (Å²) in [5, 5.41) is 0. The molecule has 0 aliphatic heterocycles. The fourth-order valence-corrected chi connectivity index (χ4v) is 3.09. The van der Waals surface area contributed by atoms with Gasteiger partial charge in [0.05, 0.1) is 5.69 Å². The number of hydrogen-bond acceptors (Lipinski definition) is 2. The highest BCUT2D eigenvalue weighted by Crippen LogP contribution is 2.29. The minimum Gasteiger partial charge on any atom is -0.397 e. The van der Waals surface area contributed by atoms with Gasteiger partial charge in [-0.2, -0.15) is 0 Å². The quantitative estimate of drug-likeness (QED) is 0.911. The second-order valence-electron chi connectivity index (χ2n) is 5.77.